The van der Waals surface area contributed by atoms with Crippen molar-refractivity contribution in [3.63, 3.8) is 0 Å². The molecule has 0 fully saturated rings. The Morgan fingerprint density at radius 1 is 1.37 bits per heavy atom. The van der Waals surface area contributed by atoms with Crippen molar-refractivity contribution in [2.24, 2.45) is 0 Å². The van der Waals surface area contributed by atoms with Gasteiger partial charge in [0.1, 0.15) is 0 Å². The Hall–Kier alpha value is -2.04. The number of amides is 2. The molecule has 0 bridgehead atoms. The van der Waals surface area contributed by atoms with E-state index in [2.05, 4.69) is 5.32 Å². The van der Waals surface area contributed by atoms with E-state index in [0.29, 0.717) is 25.1 Å². The molecular formula is C14H18N2O3. The molecule has 0 saturated carbocycles. The fourth-order valence-corrected chi connectivity index (χ4v) is 2.32. The lowest BCUT2D eigenvalue weighted by Crippen LogP contribution is -2.45. The Bertz CT molecular complexity index is 511. The van der Waals surface area contributed by atoms with Crippen LogP contribution in [-0.4, -0.2) is 34.6 Å². The van der Waals surface area contributed by atoms with Crippen LogP contribution < -0.4 is 5.32 Å². The van der Waals surface area contributed by atoms with Crippen LogP contribution in [0.4, 0.5) is 4.79 Å². The SMILES string of the molecule is CC(C)NC(=O)N1CCc2c(cccc2C(=O)O)C1. The molecule has 5 heteroatoms. The number of nitrogens with zero attached hydrogens (tertiary/aromatic N) is 1. The molecule has 2 amide bonds. The van der Waals surface area contributed by atoms with Crippen molar-refractivity contribution in [3.8, 4) is 0 Å². The van der Waals surface area contributed by atoms with E-state index >= 15 is 0 Å². The molecule has 0 atom stereocenters. The molecule has 0 spiro atoms. The summed E-state index contributed by atoms with van der Waals surface area (Å²) in [4.78, 5) is 24.8. The average Bonchev–Trinajstić information content (AvgIpc) is 2.36. The van der Waals surface area contributed by atoms with Crippen LogP contribution in [0.1, 0.15) is 35.3 Å². The van der Waals surface area contributed by atoms with Gasteiger partial charge in [0, 0.05) is 19.1 Å². The molecule has 1 aromatic rings. The average molecular weight is 262 g/mol. The molecule has 19 heavy (non-hydrogen) atoms. The lowest BCUT2D eigenvalue weighted by Gasteiger charge is -2.30. The molecule has 102 valence electrons. The fourth-order valence-electron chi connectivity index (χ4n) is 2.32. The first-order chi connectivity index (χ1) is 8.99. The summed E-state index contributed by atoms with van der Waals surface area (Å²) in [6.07, 6.45) is 0.587. The van der Waals surface area contributed by atoms with Crippen molar-refractivity contribution >= 4 is 12.0 Å². The van der Waals surface area contributed by atoms with Gasteiger partial charge >= 0.3 is 12.0 Å². The maximum Gasteiger partial charge on any atom is 0.335 e. The summed E-state index contributed by atoms with van der Waals surface area (Å²) in [7, 11) is 0. The number of hydrogen-bond acceptors (Lipinski definition) is 2. The number of carbonyl (C=O) groups excluding carboxylic acids is 1. The minimum Gasteiger partial charge on any atom is -0.478 e. The van der Waals surface area contributed by atoms with Crippen molar-refractivity contribution in [3.05, 3.63) is 34.9 Å². The molecule has 0 aromatic heterocycles. The van der Waals surface area contributed by atoms with E-state index < -0.39 is 5.97 Å². The van der Waals surface area contributed by atoms with Crippen molar-refractivity contribution in [1.82, 2.24) is 10.2 Å². The van der Waals surface area contributed by atoms with Crippen LogP contribution in [0, 0.1) is 0 Å². The number of carboxylic acid groups (broad SMARTS) is 1. The topological polar surface area (TPSA) is 69.6 Å². The first-order valence-corrected chi connectivity index (χ1v) is 6.38. The molecule has 1 aliphatic rings. The van der Waals surface area contributed by atoms with Gasteiger partial charge in [-0.1, -0.05) is 12.1 Å². The summed E-state index contributed by atoms with van der Waals surface area (Å²) in [6, 6.07) is 5.23. The number of aromatic carboxylic acids is 1. The van der Waals surface area contributed by atoms with Gasteiger partial charge in [-0.3, -0.25) is 0 Å². The highest BCUT2D eigenvalue weighted by molar-refractivity contribution is 5.90. The van der Waals surface area contributed by atoms with Gasteiger partial charge in [-0.25, -0.2) is 9.59 Å². The number of fused-ring (bicyclic) bond motifs is 1. The second-order valence-corrected chi connectivity index (χ2v) is 5.02. The number of nitrogens with one attached hydrogen (secondary N) is 1. The largest absolute Gasteiger partial charge is 0.478 e. The molecule has 0 saturated heterocycles. The summed E-state index contributed by atoms with van der Waals surface area (Å²) in [6.45, 7) is 4.85. The molecule has 0 unspecified atom stereocenters. The van der Waals surface area contributed by atoms with Crippen LogP contribution >= 0.6 is 0 Å². The number of urea groups is 1. The Labute approximate surface area is 112 Å². The van der Waals surface area contributed by atoms with Crippen LogP contribution in [0.2, 0.25) is 0 Å². The standard InChI is InChI=1S/C14H18N2O3/c1-9(2)15-14(19)16-7-6-11-10(8-16)4-3-5-12(11)13(17)18/h3-5,9H,6-8H2,1-2H3,(H,15,19)(H,17,18). The van der Waals surface area contributed by atoms with Crippen molar-refractivity contribution in [2.45, 2.75) is 32.9 Å². The molecule has 1 aromatic carbocycles. The predicted octanol–water partition coefficient (Wildman–Crippen LogP) is 1.86. The van der Waals surface area contributed by atoms with Crippen molar-refractivity contribution in [2.75, 3.05) is 6.54 Å². The third-order valence-corrected chi connectivity index (χ3v) is 3.20. The molecule has 1 heterocycles. The maximum atomic E-state index is 11.9. The third kappa shape index (κ3) is 2.86. The zero-order valence-electron chi connectivity index (χ0n) is 11.1. The molecule has 2 N–H and O–H groups in total. The summed E-state index contributed by atoms with van der Waals surface area (Å²) in [5.41, 5.74) is 2.12. The molecule has 0 radical (unpaired) electrons. The molecule has 2 rings (SSSR count). The van der Waals surface area contributed by atoms with E-state index in [9.17, 15) is 9.59 Å². The number of hydrogen-bond donors (Lipinski definition) is 2. The number of benzene rings is 1. The van der Waals surface area contributed by atoms with E-state index in [4.69, 9.17) is 5.11 Å². The molecule has 5 nitrogen and oxygen atoms in total. The van der Waals surface area contributed by atoms with Crippen LogP contribution in [0.5, 0.6) is 0 Å². The van der Waals surface area contributed by atoms with Crippen LogP contribution in [0.3, 0.4) is 0 Å². The Morgan fingerprint density at radius 2 is 2.11 bits per heavy atom. The highest BCUT2D eigenvalue weighted by Crippen LogP contribution is 2.22. The zero-order chi connectivity index (χ0) is 14.0. The van der Waals surface area contributed by atoms with Crippen molar-refractivity contribution in [1.29, 1.82) is 0 Å². The highest BCUT2D eigenvalue weighted by Gasteiger charge is 2.24. The third-order valence-electron chi connectivity index (χ3n) is 3.20. The maximum absolute atomic E-state index is 11.9. The van der Waals surface area contributed by atoms with Crippen LogP contribution in [-0.2, 0) is 13.0 Å². The van der Waals surface area contributed by atoms with Crippen LogP contribution in [0.25, 0.3) is 0 Å². The number of carboxylic acids is 1. The van der Waals surface area contributed by atoms with Gasteiger partial charge in [-0.2, -0.15) is 0 Å². The van der Waals surface area contributed by atoms with Gasteiger partial charge in [0.2, 0.25) is 0 Å². The Balaban J connectivity index is 2.19. The second kappa shape index (κ2) is 5.30. The van der Waals surface area contributed by atoms with Crippen LogP contribution in [0.15, 0.2) is 18.2 Å². The summed E-state index contributed by atoms with van der Waals surface area (Å²) < 4.78 is 0. The summed E-state index contributed by atoms with van der Waals surface area (Å²) in [5, 5.41) is 12.0. The minimum absolute atomic E-state index is 0.0959. The van der Waals surface area contributed by atoms with E-state index in [1.807, 2.05) is 19.9 Å². The van der Waals surface area contributed by atoms with Gasteiger partial charge in [0.25, 0.3) is 0 Å². The smallest absolute Gasteiger partial charge is 0.335 e. The first-order valence-electron chi connectivity index (χ1n) is 6.38. The number of carbonyl (C=O) groups is 2. The summed E-state index contributed by atoms with van der Waals surface area (Å²) >= 11 is 0. The zero-order valence-corrected chi connectivity index (χ0v) is 11.1. The number of rotatable bonds is 2. The van der Waals surface area contributed by atoms with Gasteiger partial charge in [0.15, 0.2) is 0 Å². The minimum atomic E-state index is -0.906. The predicted molar refractivity (Wildman–Crippen MR) is 71.2 cm³/mol. The Kier molecular flexibility index (Phi) is 3.74. The molecule has 1 aliphatic heterocycles. The lowest BCUT2D eigenvalue weighted by molar-refractivity contribution is 0.0695. The van der Waals surface area contributed by atoms with Crippen molar-refractivity contribution < 1.29 is 14.7 Å². The van der Waals surface area contributed by atoms with Gasteiger partial charge in [-0.05, 0) is 37.5 Å². The van der Waals surface area contributed by atoms with E-state index in [1.54, 1.807) is 17.0 Å². The first kappa shape index (κ1) is 13.4. The second-order valence-electron chi connectivity index (χ2n) is 5.02. The molecule has 0 aliphatic carbocycles. The van der Waals surface area contributed by atoms with Gasteiger partial charge in [-0.15, -0.1) is 0 Å². The van der Waals surface area contributed by atoms with E-state index in [0.717, 1.165) is 11.1 Å². The highest BCUT2D eigenvalue weighted by atomic mass is 16.4. The quantitative estimate of drug-likeness (QED) is 0.854. The summed E-state index contributed by atoms with van der Waals surface area (Å²) in [5.74, 6) is -0.906. The molecular weight excluding hydrogens is 244 g/mol. The normalized spacial score (nSPS) is 14.2. The van der Waals surface area contributed by atoms with E-state index in [-0.39, 0.29) is 12.1 Å². The van der Waals surface area contributed by atoms with Gasteiger partial charge in [0.05, 0.1) is 5.56 Å². The van der Waals surface area contributed by atoms with E-state index in [1.165, 1.54) is 0 Å². The monoisotopic (exact) mass is 262 g/mol. The lowest BCUT2D eigenvalue weighted by atomic mass is 9.94. The Morgan fingerprint density at radius 3 is 2.74 bits per heavy atom. The fraction of sp³-hybridized carbons (Fsp3) is 0.429. The van der Waals surface area contributed by atoms with Gasteiger partial charge < -0.3 is 15.3 Å².